The van der Waals surface area contributed by atoms with E-state index in [2.05, 4.69) is 4.74 Å². The third-order valence-electron chi connectivity index (χ3n) is 3.97. The monoisotopic (exact) mass is 446 g/mol. The minimum Gasteiger partial charge on any atom is -0.478 e. The van der Waals surface area contributed by atoms with Crippen LogP contribution in [0.15, 0.2) is 48.5 Å². The largest absolute Gasteiger partial charge is 0.478 e. The number of benzene rings is 2. The number of esters is 2. The van der Waals surface area contributed by atoms with Crippen LogP contribution in [0.4, 0.5) is 0 Å². The van der Waals surface area contributed by atoms with Crippen molar-refractivity contribution in [1.29, 1.82) is 0 Å². The summed E-state index contributed by atoms with van der Waals surface area (Å²) in [4.78, 5) is 43.8. The van der Waals surface area contributed by atoms with Crippen molar-refractivity contribution in [2.24, 2.45) is 11.5 Å². The average molecular weight is 446 g/mol. The van der Waals surface area contributed by atoms with Gasteiger partial charge in [0.1, 0.15) is 28.7 Å². The molecule has 0 aliphatic heterocycles. The average Bonchev–Trinajstić information content (AvgIpc) is 2.74. The molecule has 2 aromatic rings. The molecule has 0 heterocycles. The second kappa shape index (κ2) is 13.5. The maximum Gasteiger partial charge on any atom is 0.339 e. The van der Waals surface area contributed by atoms with Gasteiger partial charge in [0.25, 0.3) is 0 Å². The summed E-state index contributed by atoms with van der Waals surface area (Å²) in [5, 5.41) is 17.6. The van der Waals surface area contributed by atoms with Crippen molar-refractivity contribution in [3.63, 3.8) is 0 Å². The highest BCUT2D eigenvalue weighted by Gasteiger charge is 2.19. The van der Waals surface area contributed by atoms with Crippen LogP contribution >= 0.6 is 0 Å². The molecule has 0 aliphatic rings. The van der Waals surface area contributed by atoms with Gasteiger partial charge in [0.05, 0.1) is 0 Å². The van der Waals surface area contributed by atoms with E-state index in [1.807, 2.05) is 0 Å². The Morgan fingerprint density at radius 1 is 0.844 bits per heavy atom. The second-order valence-corrected chi connectivity index (χ2v) is 6.51. The number of hydrogen-bond donors (Lipinski definition) is 4. The van der Waals surface area contributed by atoms with Gasteiger partial charge in [0.15, 0.2) is 0 Å². The summed E-state index contributed by atoms with van der Waals surface area (Å²) >= 11 is 0. The third kappa shape index (κ3) is 8.94. The Hall–Kier alpha value is -3.76. The highest BCUT2D eigenvalue weighted by atomic mass is 16.5. The molecule has 0 spiro atoms. The molecule has 0 amide bonds. The number of carboxylic acids is 2. The minimum absolute atomic E-state index is 0.00859. The van der Waals surface area contributed by atoms with Crippen LogP contribution in [0.25, 0.3) is 0 Å². The summed E-state index contributed by atoms with van der Waals surface area (Å²) in [7, 11) is 0. The van der Waals surface area contributed by atoms with Crippen molar-refractivity contribution in [2.75, 3.05) is 6.54 Å². The Morgan fingerprint density at radius 3 is 1.75 bits per heavy atom. The summed E-state index contributed by atoms with van der Waals surface area (Å²) in [5.41, 5.74) is 10.9. The van der Waals surface area contributed by atoms with Crippen LogP contribution in [0.1, 0.15) is 46.9 Å². The van der Waals surface area contributed by atoms with Gasteiger partial charge < -0.3 is 31.2 Å². The smallest absolute Gasteiger partial charge is 0.339 e. The number of aromatic carboxylic acids is 2. The molecule has 6 N–H and O–H groups in total. The summed E-state index contributed by atoms with van der Waals surface area (Å²) in [6, 6.07) is 11.1. The molecule has 0 saturated heterocycles. The zero-order chi connectivity index (χ0) is 24.1. The third-order valence-corrected chi connectivity index (χ3v) is 3.97. The number of rotatable bonds is 9. The SMILES string of the molecule is CC(=O)Oc1ccccc1C(=O)O.NCCCC[C@H](N)C(=O)Oc1ccccc1C(=O)O. The first-order valence-electron chi connectivity index (χ1n) is 9.67. The quantitative estimate of drug-likeness (QED) is 0.253. The van der Waals surface area contributed by atoms with Crippen molar-refractivity contribution in [1.82, 2.24) is 0 Å². The molecule has 0 radical (unpaired) electrons. The molecule has 32 heavy (non-hydrogen) atoms. The Kier molecular flexibility index (Phi) is 11.1. The number of hydrogen-bond acceptors (Lipinski definition) is 8. The van der Waals surface area contributed by atoms with Crippen LogP contribution in [-0.2, 0) is 9.59 Å². The first-order valence-corrected chi connectivity index (χ1v) is 9.67. The van der Waals surface area contributed by atoms with Gasteiger partial charge in [-0.05, 0) is 43.7 Å². The van der Waals surface area contributed by atoms with E-state index in [1.165, 1.54) is 31.2 Å². The van der Waals surface area contributed by atoms with E-state index in [0.29, 0.717) is 13.0 Å². The summed E-state index contributed by atoms with van der Waals surface area (Å²) in [5.74, 6) is -3.35. The number of ether oxygens (including phenoxy) is 2. The molecule has 1 atom stereocenters. The van der Waals surface area contributed by atoms with Crippen LogP contribution in [0.3, 0.4) is 0 Å². The first kappa shape index (κ1) is 26.3. The lowest BCUT2D eigenvalue weighted by Gasteiger charge is -2.12. The molecular formula is C22H26N2O8. The van der Waals surface area contributed by atoms with Crippen LogP contribution in [0.5, 0.6) is 11.5 Å². The zero-order valence-corrected chi connectivity index (χ0v) is 17.5. The topological polar surface area (TPSA) is 179 Å². The van der Waals surface area contributed by atoms with Crippen LogP contribution in [0, 0.1) is 0 Å². The van der Waals surface area contributed by atoms with E-state index in [1.54, 1.807) is 24.3 Å². The minimum atomic E-state index is -1.15. The maximum atomic E-state index is 11.7. The normalized spacial score (nSPS) is 10.8. The molecule has 0 bridgehead atoms. The number of nitrogens with two attached hydrogens (primary N) is 2. The Bertz CT molecular complexity index is 945. The lowest BCUT2D eigenvalue weighted by molar-refractivity contribution is -0.136. The van der Waals surface area contributed by atoms with Crippen LogP contribution in [0.2, 0.25) is 0 Å². The van der Waals surface area contributed by atoms with Gasteiger partial charge in [-0.3, -0.25) is 4.79 Å². The molecule has 0 fully saturated rings. The van der Waals surface area contributed by atoms with Gasteiger partial charge in [-0.1, -0.05) is 30.7 Å². The highest BCUT2D eigenvalue weighted by Crippen LogP contribution is 2.19. The molecule has 0 aliphatic carbocycles. The maximum absolute atomic E-state index is 11.7. The van der Waals surface area contributed by atoms with E-state index >= 15 is 0 Å². The zero-order valence-electron chi connectivity index (χ0n) is 17.5. The molecule has 0 unspecified atom stereocenters. The van der Waals surface area contributed by atoms with Gasteiger partial charge in [-0.2, -0.15) is 0 Å². The van der Waals surface area contributed by atoms with Crippen molar-refractivity contribution >= 4 is 23.9 Å². The van der Waals surface area contributed by atoms with Crippen molar-refractivity contribution < 1.29 is 38.9 Å². The summed E-state index contributed by atoms with van der Waals surface area (Å²) in [6.07, 6.45) is 1.98. The first-order chi connectivity index (χ1) is 15.2. The molecule has 10 heteroatoms. The summed E-state index contributed by atoms with van der Waals surface area (Å²) < 4.78 is 9.71. The fourth-order valence-electron chi connectivity index (χ4n) is 2.43. The number of carbonyl (C=O) groups is 4. The highest BCUT2D eigenvalue weighted by molar-refractivity contribution is 5.92. The Labute approximate surface area is 184 Å². The fraction of sp³-hybridized carbons (Fsp3) is 0.273. The molecule has 2 aromatic carbocycles. The predicted octanol–water partition coefficient (Wildman–Crippen LogP) is 2.06. The Morgan fingerprint density at radius 2 is 1.31 bits per heavy atom. The molecule has 2 rings (SSSR count). The molecule has 10 nitrogen and oxygen atoms in total. The summed E-state index contributed by atoms with van der Waals surface area (Å²) in [6.45, 7) is 1.77. The molecular weight excluding hydrogens is 420 g/mol. The molecule has 0 saturated carbocycles. The molecule has 172 valence electrons. The van der Waals surface area contributed by atoms with Gasteiger partial charge in [-0.15, -0.1) is 0 Å². The lowest BCUT2D eigenvalue weighted by atomic mass is 10.1. The van der Waals surface area contributed by atoms with Gasteiger partial charge >= 0.3 is 23.9 Å². The number of carboxylic acid groups (broad SMARTS) is 2. The standard InChI is InChI=1S/C13H18N2O4.C9H8O4/c14-8-4-3-6-10(15)13(18)19-11-7-2-1-5-9(11)12(16)17;1-6(10)13-8-5-3-2-4-7(8)9(11)12/h1-2,5,7,10H,3-4,6,8,14-15H2,(H,16,17);2-5H,1H3,(H,11,12)/t10-;/m0./s1. The van der Waals surface area contributed by atoms with E-state index in [0.717, 1.165) is 12.8 Å². The van der Waals surface area contributed by atoms with Crippen LogP contribution < -0.4 is 20.9 Å². The van der Waals surface area contributed by atoms with E-state index in [-0.39, 0.29) is 22.6 Å². The van der Waals surface area contributed by atoms with Crippen molar-refractivity contribution in [3.05, 3.63) is 59.7 Å². The van der Waals surface area contributed by atoms with Gasteiger partial charge in [0, 0.05) is 6.92 Å². The van der Waals surface area contributed by atoms with Crippen LogP contribution in [-0.4, -0.2) is 46.7 Å². The van der Waals surface area contributed by atoms with Crippen molar-refractivity contribution in [3.8, 4) is 11.5 Å². The van der Waals surface area contributed by atoms with E-state index in [9.17, 15) is 19.2 Å². The number of para-hydroxylation sites is 2. The second-order valence-electron chi connectivity index (χ2n) is 6.51. The molecule has 0 aromatic heterocycles. The lowest BCUT2D eigenvalue weighted by Crippen LogP contribution is -2.34. The Balaban J connectivity index is 0.000000343. The van der Waals surface area contributed by atoms with Gasteiger partial charge in [0.2, 0.25) is 0 Å². The van der Waals surface area contributed by atoms with Gasteiger partial charge in [-0.25, -0.2) is 14.4 Å². The van der Waals surface area contributed by atoms with E-state index < -0.39 is 29.9 Å². The van der Waals surface area contributed by atoms with Crippen molar-refractivity contribution in [2.45, 2.75) is 32.2 Å². The fourth-order valence-corrected chi connectivity index (χ4v) is 2.43. The number of carbonyl (C=O) groups excluding carboxylic acids is 2. The number of unbranched alkanes of at least 4 members (excludes halogenated alkanes) is 1. The van der Waals surface area contributed by atoms with E-state index in [4.69, 9.17) is 26.4 Å². The predicted molar refractivity (Wildman–Crippen MR) is 115 cm³/mol.